The van der Waals surface area contributed by atoms with E-state index in [9.17, 15) is 18.0 Å². The maximum atomic E-state index is 14.3. The third-order valence-corrected chi connectivity index (χ3v) is 10.2. The highest BCUT2D eigenvalue weighted by molar-refractivity contribution is 8.00. The zero-order valence-corrected chi connectivity index (χ0v) is 28.0. The molecule has 4 aromatic carbocycles. The number of sulfonamides is 1. The maximum Gasteiger partial charge on any atom is 0.326 e. The summed E-state index contributed by atoms with van der Waals surface area (Å²) in [4.78, 5) is 26.4. The van der Waals surface area contributed by atoms with Crippen molar-refractivity contribution in [2.45, 2.75) is 23.6 Å². The molecule has 2 aliphatic rings. The zero-order chi connectivity index (χ0) is 33.7. The molecule has 14 heteroatoms. The first kappa shape index (κ1) is 33.1. The molecule has 2 heterocycles. The Kier molecular flexibility index (Phi) is 10.0. The van der Waals surface area contributed by atoms with Crippen LogP contribution in [0.2, 0.25) is 0 Å². The van der Waals surface area contributed by atoms with E-state index >= 15 is 0 Å². The highest BCUT2D eigenvalue weighted by atomic mass is 32.2. The lowest BCUT2D eigenvalue weighted by atomic mass is 10.1. The van der Waals surface area contributed by atoms with E-state index in [1.54, 1.807) is 42.4 Å². The fraction of sp³-hybridized carbons (Fsp3) is 0.294. The van der Waals surface area contributed by atoms with Crippen molar-refractivity contribution in [3.8, 4) is 23.0 Å². The van der Waals surface area contributed by atoms with Crippen LogP contribution in [-0.4, -0.2) is 73.1 Å². The number of benzene rings is 4. The van der Waals surface area contributed by atoms with Crippen molar-refractivity contribution < 1.29 is 46.4 Å². The van der Waals surface area contributed by atoms with Gasteiger partial charge in [-0.3, -0.25) is 13.9 Å². The molecule has 0 aromatic heterocycles. The van der Waals surface area contributed by atoms with Gasteiger partial charge in [0.05, 0.1) is 29.5 Å². The number of ether oxygens (including phenoxy) is 6. The fourth-order valence-electron chi connectivity index (χ4n) is 5.34. The minimum absolute atomic E-state index is 0.0797. The SMILES string of the molecule is CCOC(=O)CN(Sc1ccc2c(c1)OCCO2)c1ccc(N(CC(=O)OCC)S(=O)(=O)c2ccc3c(c2)OCCO3)c2ccccc12. The van der Waals surface area contributed by atoms with Crippen LogP contribution in [0.25, 0.3) is 10.8 Å². The van der Waals surface area contributed by atoms with E-state index in [-0.39, 0.29) is 36.9 Å². The molecule has 0 spiro atoms. The average Bonchev–Trinajstić information content (AvgIpc) is 3.10. The van der Waals surface area contributed by atoms with Gasteiger partial charge in [-0.1, -0.05) is 24.3 Å². The normalized spacial score (nSPS) is 13.5. The van der Waals surface area contributed by atoms with E-state index in [2.05, 4.69) is 0 Å². The smallest absolute Gasteiger partial charge is 0.326 e. The van der Waals surface area contributed by atoms with Gasteiger partial charge in [0.25, 0.3) is 10.0 Å². The molecule has 6 rings (SSSR count). The van der Waals surface area contributed by atoms with Crippen molar-refractivity contribution in [2.24, 2.45) is 0 Å². The van der Waals surface area contributed by atoms with Crippen LogP contribution in [0.3, 0.4) is 0 Å². The Hall–Kier alpha value is -4.82. The minimum Gasteiger partial charge on any atom is -0.486 e. The molecule has 0 saturated heterocycles. The quantitative estimate of drug-likeness (QED) is 0.142. The molecule has 0 fully saturated rings. The first-order chi connectivity index (χ1) is 23.3. The molecular weight excluding hydrogens is 661 g/mol. The molecule has 12 nitrogen and oxygen atoms in total. The molecule has 2 aliphatic heterocycles. The van der Waals surface area contributed by atoms with E-state index in [0.717, 1.165) is 9.20 Å². The fourth-order valence-corrected chi connectivity index (χ4v) is 7.75. The summed E-state index contributed by atoms with van der Waals surface area (Å²) in [6, 6.07) is 20.4. The summed E-state index contributed by atoms with van der Waals surface area (Å²) in [7, 11) is -4.33. The lowest BCUT2D eigenvalue weighted by Crippen LogP contribution is -2.37. The van der Waals surface area contributed by atoms with Crippen molar-refractivity contribution in [3.63, 3.8) is 0 Å². The maximum absolute atomic E-state index is 14.3. The number of anilines is 2. The second-order valence-corrected chi connectivity index (χ2v) is 13.5. The predicted molar refractivity (Wildman–Crippen MR) is 180 cm³/mol. The van der Waals surface area contributed by atoms with Crippen LogP contribution in [-0.2, 0) is 29.1 Å². The molecule has 0 aliphatic carbocycles. The van der Waals surface area contributed by atoms with Gasteiger partial charge in [-0.25, -0.2) is 8.42 Å². The molecule has 0 saturated carbocycles. The highest BCUT2D eigenvalue weighted by Crippen LogP contribution is 2.42. The second-order valence-electron chi connectivity index (χ2n) is 10.5. The number of nitrogens with zero attached hydrogens (tertiary/aromatic N) is 2. The largest absolute Gasteiger partial charge is 0.486 e. The van der Waals surface area contributed by atoms with Crippen molar-refractivity contribution in [2.75, 3.05) is 61.3 Å². The molecule has 48 heavy (non-hydrogen) atoms. The number of fused-ring (bicyclic) bond motifs is 3. The van der Waals surface area contributed by atoms with Gasteiger partial charge in [-0.05, 0) is 68.3 Å². The molecule has 4 aromatic rings. The van der Waals surface area contributed by atoms with Crippen molar-refractivity contribution in [1.29, 1.82) is 0 Å². The van der Waals surface area contributed by atoms with E-state index in [0.29, 0.717) is 59.3 Å². The summed E-state index contributed by atoms with van der Waals surface area (Å²) in [5.41, 5.74) is 0.868. The highest BCUT2D eigenvalue weighted by Gasteiger charge is 2.31. The third kappa shape index (κ3) is 7.04. The minimum atomic E-state index is -4.33. The van der Waals surface area contributed by atoms with Crippen LogP contribution in [0.4, 0.5) is 11.4 Å². The molecule has 0 atom stereocenters. The summed E-state index contributed by atoms with van der Waals surface area (Å²) >= 11 is 1.30. The predicted octanol–water partition coefficient (Wildman–Crippen LogP) is 5.22. The zero-order valence-electron chi connectivity index (χ0n) is 26.4. The molecule has 0 bridgehead atoms. The van der Waals surface area contributed by atoms with Crippen LogP contribution in [0, 0.1) is 0 Å². The van der Waals surface area contributed by atoms with E-state index < -0.39 is 28.5 Å². The Morgan fingerprint density at radius 3 is 1.88 bits per heavy atom. The van der Waals surface area contributed by atoms with Crippen molar-refractivity contribution in [3.05, 3.63) is 72.8 Å². The third-order valence-electron chi connectivity index (χ3n) is 7.40. The van der Waals surface area contributed by atoms with Crippen LogP contribution >= 0.6 is 11.9 Å². The molecule has 0 N–H and O–H groups in total. The summed E-state index contributed by atoms with van der Waals surface area (Å²) in [5.74, 6) is 0.805. The van der Waals surface area contributed by atoms with E-state index in [4.69, 9.17) is 28.4 Å². The number of esters is 2. The van der Waals surface area contributed by atoms with Gasteiger partial charge >= 0.3 is 11.9 Å². The number of carbonyl (C=O) groups excluding carboxylic acids is 2. The molecule has 0 unspecified atom stereocenters. The molecule has 0 amide bonds. The standard InChI is InChI=1S/C34H34N2O10S2/c1-3-41-33(37)21-35(47-23-9-13-29-31(19-23)45-17-15-43-29)27-11-12-28(26-8-6-5-7-25(26)27)36(22-34(38)42-4-2)48(39,40)24-10-14-30-32(20-24)46-18-16-44-30/h5-14,19-20H,3-4,15-18,21-22H2,1-2H3. The van der Waals surface area contributed by atoms with Gasteiger partial charge in [-0.15, -0.1) is 0 Å². The van der Waals surface area contributed by atoms with Gasteiger partial charge in [0.1, 0.15) is 39.5 Å². The Bertz CT molecular complexity index is 1930. The summed E-state index contributed by atoms with van der Waals surface area (Å²) in [5, 5.41) is 1.16. The lowest BCUT2D eigenvalue weighted by Gasteiger charge is -2.29. The van der Waals surface area contributed by atoms with Crippen molar-refractivity contribution in [1.82, 2.24) is 0 Å². The van der Waals surface area contributed by atoms with Crippen LogP contribution in [0.5, 0.6) is 23.0 Å². The van der Waals surface area contributed by atoms with Gasteiger partial charge in [0.2, 0.25) is 0 Å². The van der Waals surface area contributed by atoms with E-state index in [1.165, 1.54) is 30.1 Å². The molecule has 0 radical (unpaired) electrons. The van der Waals surface area contributed by atoms with Gasteiger partial charge < -0.3 is 32.7 Å². The summed E-state index contributed by atoms with van der Waals surface area (Å²) < 4.78 is 64.6. The summed E-state index contributed by atoms with van der Waals surface area (Å²) in [6.07, 6.45) is 0. The van der Waals surface area contributed by atoms with E-state index in [1.807, 2.05) is 30.3 Å². The first-order valence-electron chi connectivity index (χ1n) is 15.4. The molecule has 252 valence electrons. The lowest BCUT2D eigenvalue weighted by molar-refractivity contribution is -0.142. The number of hydrogen-bond donors (Lipinski definition) is 0. The Morgan fingerprint density at radius 2 is 1.23 bits per heavy atom. The van der Waals surface area contributed by atoms with Crippen LogP contribution in [0.15, 0.2) is 82.6 Å². The molecular formula is C34H34N2O10S2. The van der Waals surface area contributed by atoms with Crippen LogP contribution in [0.1, 0.15) is 13.8 Å². The average molecular weight is 695 g/mol. The monoisotopic (exact) mass is 694 g/mol. The topological polar surface area (TPSA) is 130 Å². The number of carbonyl (C=O) groups is 2. The van der Waals surface area contributed by atoms with Crippen molar-refractivity contribution >= 4 is 56.1 Å². The van der Waals surface area contributed by atoms with Gasteiger partial charge in [0, 0.05) is 21.7 Å². The number of rotatable bonds is 12. The van der Waals surface area contributed by atoms with Gasteiger partial charge in [-0.2, -0.15) is 0 Å². The Balaban J connectivity index is 1.44. The Morgan fingerprint density at radius 1 is 0.688 bits per heavy atom. The number of hydrogen-bond acceptors (Lipinski definition) is 12. The van der Waals surface area contributed by atoms with Gasteiger partial charge in [0.15, 0.2) is 23.0 Å². The summed E-state index contributed by atoms with van der Waals surface area (Å²) in [6.45, 7) is 4.51. The Labute approximate surface area is 282 Å². The second kappa shape index (κ2) is 14.5. The first-order valence-corrected chi connectivity index (χ1v) is 17.6. The van der Waals surface area contributed by atoms with Crippen LogP contribution < -0.4 is 27.6 Å².